The maximum absolute atomic E-state index is 5.55. The fourth-order valence-corrected chi connectivity index (χ4v) is 2.86. The molecule has 0 spiro atoms. The molecule has 2 heterocycles. The van der Waals surface area contributed by atoms with Crippen molar-refractivity contribution in [2.45, 2.75) is 43.1 Å². The zero-order valence-corrected chi connectivity index (χ0v) is 12.0. The van der Waals surface area contributed by atoms with Gasteiger partial charge in [0.1, 0.15) is 11.6 Å². The van der Waals surface area contributed by atoms with Crippen LogP contribution in [0, 0.1) is 0 Å². The summed E-state index contributed by atoms with van der Waals surface area (Å²) in [6.45, 7) is 2.96. The molecule has 0 radical (unpaired) electrons. The number of nitrogen functional groups attached to an aromatic ring is 2. The van der Waals surface area contributed by atoms with Gasteiger partial charge < -0.3 is 16.0 Å². The van der Waals surface area contributed by atoms with E-state index in [-0.39, 0.29) is 11.9 Å². The second-order valence-corrected chi connectivity index (χ2v) is 5.56. The highest BCUT2D eigenvalue weighted by Crippen LogP contribution is 2.40. The molecule has 9 heteroatoms. The highest BCUT2D eigenvalue weighted by Gasteiger charge is 2.29. The van der Waals surface area contributed by atoms with Crippen LogP contribution in [0.2, 0.25) is 0 Å². The molecule has 106 valence electrons. The lowest BCUT2D eigenvalue weighted by atomic mass is 10.4. The van der Waals surface area contributed by atoms with Crippen molar-refractivity contribution in [3.8, 4) is 0 Å². The average Bonchev–Trinajstić information content (AvgIpc) is 3.16. The molecular weight excluding hydrogens is 276 g/mol. The molecule has 0 aromatic carbocycles. The van der Waals surface area contributed by atoms with E-state index in [1.54, 1.807) is 0 Å². The summed E-state index contributed by atoms with van der Waals surface area (Å²) in [5, 5.41) is 9.42. The van der Waals surface area contributed by atoms with E-state index in [9.17, 15) is 0 Å². The van der Waals surface area contributed by atoms with E-state index < -0.39 is 0 Å². The number of hydrogen-bond donors (Lipinski definition) is 2. The first-order chi connectivity index (χ1) is 9.67. The van der Waals surface area contributed by atoms with Crippen molar-refractivity contribution in [3.05, 3.63) is 11.6 Å². The van der Waals surface area contributed by atoms with Crippen LogP contribution in [0.5, 0.6) is 0 Å². The van der Waals surface area contributed by atoms with Crippen molar-refractivity contribution in [2.75, 3.05) is 11.5 Å². The lowest BCUT2D eigenvalue weighted by molar-refractivity contribution is 0.643. The Morgan fingerprint density at radius 1 is 1.15 bits per heavy atom. The molecule has 0 unspecified atom stereocenters. The van der Waals surface area contributed by atoms with Crippen LogP contribution in [-0.4, -0.2) is 29.7 Å². The lowest BCUT2D eigenvalue weighted by Gasteiger charge is -2.06. The van der Waals surface area contributed by atoms with E-state index in [4.69, 9.17) is 11.5 Å². The van der Waals surface area contributed by atoms with Crippen LogP contribution in [0.1, 0.15) is 37.3 Å². The maximum Gasteiger partial charge on any atom is 0.225 e. The molecule has 2 aromatic rings. The van der Waals surface area contributed by atoms with Gasteiger partial charge in [-0.2, -0.15) is 15.0 Å². The van der Waals surface area contributed by atoms with Gasteiger partial charge in [0.25, 0.3) is 0 Å². The van der Waals surface area contributed by atoms with Crippen molar-refractivity contribution >= 4 is 23.7 Å². The molecule has 1 fully saturated rings. The van der Waals surface area contributed by atoms with Crippen LogP contribution in [0.15, 0.2) is 5.16 Å². The number of rotatable bonds is 5. The second-order valence-electron chi connectivity index (χ2n) is 4.62. The standard InChI is InChI=1S/C11H16N8S/c1-2-19-8(6-3-4-6)17-18-11(19)20-5-7-14-9(12)16-10(13)15-7/h6H,2-5H2,1H3,(H4,12,13,14,15,16). The molecule has 1 aliphatic carbocycles. The molecule has 4 N–H and O–H groups in total. The number of nitrogens with zero attached hydrogens (tertiary/aromatic N) is 6. The first kappa shape index (κ1) is 13.1. The zero-order valence-electron chi connectivity index (χ0n) is 11.2. The topological polar surface area (TPSA) is 121 Å². The van der Waals surface area contributed by atoms with E-state index in [1.807, 2.05) is 0 Å². The van der Waals surface area contributed by atoms with Gasteiger partial charge in [-0.3, -0.25) is 0 Å². The zero-order chi connectivity index (χ0) is 14.1. The van der Waals surface area contributed by atoms with Crippen molar-refractivity contribution in [1.82, 2.24) is 29.7 Å². The predicted octanol–water partition coefficient (Wildman–Crippen LogP) is 0.817. The van der Waals surface area contributed by atoms with Crippen LogP contribution < -0.4 is 11.5 Å². The van der Waals surface area contributed by atoms with Gasteiger partial charge in [-0.15, -0.1) is 10.2 Å². The van der Waals surface area contributed by atoms with Gasteiger partial charge in [-0.25, -0.2) is 0 Å². The third-order valence-corrected chi connectivity index (χ3v) is 4.01. The molecule has 2 aromatic heterocycles. The Hall–Kier alpha value is -1.90. The first-order valence-corrected chi connectivity index (χ1v) is 7.47. The van der Waals surface area contributed by atoms with Crippen molar-refractivity contribution in [2.24, 2.45) is 0 Å². The minimum absolute atomic E-state index is 0.142. The number of aromatic nitrogens is 6. The number of thioether (sulfide) groups is 1. The molecule has 8 nitrogen and oxygen atoms in total. The highest BCUT2D eigenvalue weighted by molar-refractivity contribution is 7.98. The van der Waals surface area contributed by atoms with Crippen LogP contribution in [-0.2, 0) is 12.3 Å². The summed E-state index contributed by atoms with van der Waals surface area (Å²) in [6.07, 6.45) is 2.42. The van der Waals surface area contributed by atoms with Crippen LogP contribution in [0.25, 0.3) is 0 Å². The third-order valence-electron chi connectivity index (χ3n) is 3.05. The normalized spacial score (nSPS) is 14.7. The van der Waals surface area contributed by atoms with Crippen molar-refractivity contribution < 1.29 is 0 Å². The summed E-state index contributed by atoms with van der Waals surface area (Å²) in [5.41, 5.74) is 11.1. The number of nitrogens with two attached hydrogens (primary N) is 2. The van der Waals surface area contributed by atoms with Crippen molar-refractivity contribution in [3.63, 3.8) is 0 Å². The van der Waals surface area contributed by atoms with E-state index in [0.717, 1.165) is 17.5 Å². The maximum atomic E-state index is 5.55. The molecule has 1 aliphatic rings. The first-order valence-electron chi connectivity index (χ1n) is 6.49. The summed E-state index contributed by atoms with van der Waals surface area (Å²) >= 11 is 1.53. The lowest BCUT2D eigenvalue weighted by Crippen LogP contribution is -2.06. The quantitative estimate of drug-likeness (QED) is 0.777. The monoisotopic (exact) mass is 292 g/mol. The number of hydrogen-bond acceptors (Lipinski definition) is 8. The van der Waals surface area contributed by atoms with Gasteiger partial charge in [0.2, 0.25) is 11.9 Å². The summed E-state index contributed by atoms with van der Waals surface area (Å²) in [5.74, 6) is 3.05. The fraction of sp³-hybridized carbons (Fsp3) is 0.545. The Bertz CT molecular complexity index is 601. The minimum atomic E-state index is 0.142. The van der Waals surface area contributed by atoms with E-state index in [0.29, 0.717) is 17.5 Å². The Morgan fingerprint density at radius 3 is 2.45 bits per heavy atom. The van der Waals surface area contributed by atoms with Crippen LogP contribution in [0.4, 0.5) is 11.9 Å². The van der Waals surface area contributed by atoms with E-state index >= 15 is 0 Å². The molecule has 0 saturated heterocycles. The molecule has 1 saturated carbocycles. The van der Waals surface area contributed by atoms with Crippen molar-refractivity contribution in [1.29, 1.82) is 0 Å². The van der Waals surface area contributed by atoms with Gasteiger partial charge in [0, 0.05) is 12.5 Å². The summed E-state index contributed by atoms with van der Waals surface area (Å²) < 4.78 is 2.15. The molecule has 3 rings (SSSR count). The third kappa shape index (κ3) is 2.67. The predicted molar refractivity (Wildman–Crippen MR) is 75.9 cm³/mol. The Labute approximate surface area is 120 Å². The Balaban J connectivity index is 1.74. The minimum Gasteiger partial charge on any atom is -0.368 e. The van der Waals surface area contributed by atoms with E-state index in [2.05, 4.69) is 36.6 Å². The summed E-state index contributed by atoms with van der Waals surface area (Å²) in [6, 6.07) is 0. The second kappa shape index (κ2) is 5.23. The Morgan fingerprint density at radius 2 is 1.85 bits per heavy atom. The Kier molecular flexibility index (Phi) is 3.43. The van der Waals surface area contributed by atoms with Crippen LogP contribution in [0.3, 0.4) is 0 Å². The summed E-state index contributed by atoms with van der Waals surface area (Å²) in [4.78, 5) is 11.9. The molecule has 20 heavy (non-hydrogen) atoms. The fourth-order valence-electron chi connectivity index (χ4n) is 2.00. The van der Waals surface area contributed by atoms with Gasteiger partial charge in [-0.1, -0.05) is 11.8 Å². The number of anilines is 2. The smallest absolute Gasteiger partial charge is 0.225 e. The van der Waals surface area contributed by atoms with Gasteiger partial charge >= 0.3 is 0 Å². The molecule has 0 bridgehead atoms. The molecular formula is C11H16N8S. The summed E-state index contributed by atoms with van der Waals surface area (Å²) in [7, 11) is 0. The van der Waals surface area contributed by atoms with Gasteiger partial charge in [0.15, 0.2) is 5.16 Å². The largest absolute Gasteiger partial charge is 0.368 e. The van der Waals surface area contributed by atoms with Gasteiger partial charge in [0.05, 0.1) is 5.75 Å². The van der Waals surface area contributed by atoms with Crippen LogP contribution >= 0.6 is 11.8 Å². The average molecular weight is 292 g/mol. The molecule has 0 atom stereocenters. The SMILES string of the molecule is CCn1c(SCc2nc(N)nc(N)n2)nnc1C1CC1. The van der Waals surface area contributed by atoms with E-state index in [1.165, 1.54) is 24.6 Å². The molecule has 0 amide bonds. The van der Waals surface area contributed by atoms with Gasteiger partial charge in [-0.05, 0) is 19.8 Å². The molecule has 0 aliphatic heterocycles. The highest BCUT2D eigenvalue weighted by atomic mass is 32.2.